The number of nitrogens with one attached hydrogen (secondary N) is 2. The monoisotopic (exact) mass is 548 g/mol. The summed E-state index contributed by atoms with van der Waals surface area (Å²) < 4.78 is 51.8. The van der Waals surface area contributed by atoms with E-state index in [1.54, 1.807) is 0 Å². The lowest BCUT2D eigenvalue weighted by Crippen LogP contribution is -2.57. The second-order valence-electron chi connectivity index (χ2n) is 7.26. The van der Waals surface area contributed by atoms with Crippen molar-refractivity contribution < 1.29 is 41.8 Å². The molecule has 1 fully saturated rings. The molecule has 1 atom stereocenters. The van der Waals surface area contributed by atoms with Crippen LogP contribution in [0.1, 0.15) is 9.67 Å². The Morgan fingerprint density at radius 2 is 1.92 bits per heavy atom. The molecule has 10 nitrogen and oxygen atoms in total. The molecule has 0 bridgehead atoms. The van der Waals surface area contributed by atoms with Crippen LogP contribution in [0.25, 0.3) is 0 Å². The van der Waals surface area contributed by atoms with Crippen LogP contribution in [0.4, 0.5) is 29.3 Å². The zero-order valence-electron chi connectivity index (χ0n) is 18.6. The molecule has 0 spiro atoms. The highest BCUT2D eigenvalue weighted by Crippen LogP contribution is 2.31. The average molecular weight is 549 g/mol. The van der Waals surface area contributed by atoms with Gasteiger partial charge in [-0.05, 0) is 36.4 Å². The Morgan fingerprint density at radius 1 is 1.22 bits per heavy atom. The van der Waals surface area contributed by atoms with Gasteiger partial charge in [0.15, 0.2) is 0 Å². The van der Waals surface area contributed by atoms with Gasteiger partial charge in [-0.1, -0.05) is 11.6 Å². The third-order valence-electron chi connectivity index (χ3n) is 4.92. The van der Waals surface area contributed by atoms with Crippen LogP contribution < -0.4 is 20.4 Å². The van der Waals surface area contributed by atoms with E-state index in [1.165, 1.54) is 29.2 Å². The number of benzene rings is 1. The van der Waals surface area contributed by atoms with Crippen LogP contribution in [0, 0.1) is 0 Å². The first-order valence-electron chi connectivity index (χ1n) is 10.3. The summed E-state index contributed by atoms with van der Waals surface area (Å²) in [7, 11) is 0.969. The average Bonchev–Trinajstić information content (AvgIpc) is 3.27. The van der Waals surface area contributed by atoms with E-state index >= 15 is 0 Å². The number of nitrogens with zero attached hydrogens (tertiary/aromatic N) is 2. The molecule has 1 aliphatic heterocycles. The summed E-state index contributed by atoms with van der Waals surface area (Å²) in [4.78, 5) is 50.1. The summed E-state index contributed by atoms with van der Waals surface area (Å²) in [5.41, 5.74) is -0.238. The van der Waals surface area contributed by atoms with Crippen LogP contribution in [0.15, 0.2) is 36.4 Å². The fourth-order valence-electron chi connectivity index (χ4n) is 3.25. The number of methoxy groups -OCH3 is 1. The van der Waals surface area contributed by atoms with Gasteiger partial charge in [-0.25, -0.2) is 9.69 Å². The van der Waals surface area contributed by atoms with Gasteiger partial charge in [0, 0.05) is 18.8 Å². The van der Waals surface area contributed by atoms with E-state index in [-0.39, 0.29) is 30.5 Å². The van der Waals surface area contributed by atoms with Crippen LogP contribution in [-0.2, 0) is 19.1 Å². The molecule has 2 N–H and O–H groups in total. The molecule has 4 amide bonds. The summed E-state index contributed by atoms with van der Waals surface area (Å²) in [6.45, 7) is -0.334. The van der Waals surface area contributed by atoms with Crippen molar-refractivity contribution in [1.29, 1.82) is 0 Å². The molecule has 2 heterocycles. The molecule has 1 saturated heterocycles. The summed E-state index contributed by atoms with van der Waals surface area (Å²) in [6.07, 6.45) is -6.36. The molecule has 194 valence electrons. The minimum Gasteiger partial charge on any atom is -0.453 e. The van der Waals surface area contributed by atoms with Crippen molar-refractivity contribution in [2.24, 2.45) is 0 Å². The maximum atomic E-state index is 14.0. The number of carbonyl (C=O) groups is 4. The van der Waals surface area contributed by atoms with Crippen LogP contribution >= 0.6 is 22.9 Å². The maximum absolute atomic E-state index is 14.0. The molecular weight excluding hydrogens is 529 g/mol. The van der Waals surface area contributed by atoms with Crippen molar-refractivity contribution in [3.63, 3.8) is 0 Å². The fraction of sp³-hybridized carbons (Fsp3) is 0.333. The molecule has 36 heavy (non-hydrogen) atoms. The van der Waals surface area contributed by atoms with Gasteiger partial charge in [0.1, 0.15) is 12.6 Å². The molecule has 15 heteroatoms. The van der Waals surface area contributed by atoms with E-state index in [9.17, 15) is 32.3 Å². The van der Waals surface area contributed by atoms with Gasteiger partial charge in [0.05, 0.1) is 28.6 Å². The highest BCUT2D eigenvalue weighted by atomic mass is 35.5. The van der Waals surface area contributed by atoms with Gasteiger partial charge in [-0.15, -0.1) is 24.5 Å². The SMILES string of the molecule is COC(=O)N[C@H](CNC(=O)c1ccc(Cl)s1)C(=O)N(c1ccc(N2CCOCC2=O)cc1)C(F)(F)F. The number of hydrogen-bond acceptors (Lipinski definition) is 7. The number of halogens is 4. The van der Waals surface area contributed by atoms with Crippen molar-refractivity contribution in [2.75, 3.05) is 43.2 Å². The van der Waals surface area contributed by atoms with Crippen molar-refractivity contribution in [1.82, 2.24) is 10.6 Å². The molecule has 3 rings (SSSR count). The number of amides is 4. The van der Waals surface area contributed by atoms with Crippen molar-refractivity contribution in [3.8, 4) is 0 Å². The summed E-state index contributed by atoms with van der Waals surface area (Å²) in [5, 5.41) is 4.32. The number of hydrogen-bond donors (Lipinski definition) is 2. The number of thiophene rings is 1. The minimum atomic E-state index is -5.19. The second kappa shape index (κ2) is 11.6. The largest absolute Gasteiger partial charge is 0.491 e. The zero-order chi connectivity index (χ0) is 26.5. The van der Waals surface area contributed by atoms with Crippen LogP contribution in [0.5, 0.6) is 0 Å². The highest BCUT2D eigenvalue weighted by Gasteiger charge is 2.45. The first kappa shape index (κ1) is 27.2. The Bertz CT molecular complexity index is 1130. The van der Waals surface area contributed by atoms with E-state index in [2.05, 4.69) is 10.1 Å². The Kier molecular flexibility index (Phi) is 8.76. The Morgan fingerprint density at radius 3 is 2.47 bits per heavy atom. The van der Waals surface area contributed by atoms with Gasteiger partial charge >= 0.3 is 12.4 Å². The lowest BCUT2D eigenvalue weighted by molar-refractivity contribution is -0.151. The Labute approximate surface area is 211 Å². The number of anilines is 2. The number of alkyl halides is 3. The number of alkyl carbamates (subject to hydrolysis) is 1. The van der Waals surface area contributed by atoms with Gasteiger partial charge in [-0.3, -0.25) is 14.4 Å². The molecule has 1 aromatic heterocycles. The van der Waals surface area contributed by atoms with Gasteiger partial charge in [0.2, 0.25) is 0 Å². The van der Waals surface area contributed by atoms with E-state index < -0.39 is 47.4 Å². The molecule has 2 aromatic rings. The molecule has 0 radical (unpaired) electrons. The molecule has 0 aliphatic carbocycles. The third kappa shape index (κ3) is 6.65. The third-order valence-corrected chi connectivity index (χ3v) is 6.15. The summed E-state index contributed by atoms with van der Waals surface area (Å²) >= 11 is 6.71. The van der Waals surface area contributed by atoms with Crippen molar-refractivity contribution in [2.45, 2.75) is 12.3 Å². The smallest absolute Gasteiger partial charge is 0.453 e. The molecular formula is C21H20ClF3N4O6S. The lowest BCUT2D eigenvalue weighted by atomic mass is 10.2. The van der Waals surface area contributed by atoms with Crippen molar-refractivity contribution in [3.05, 3.63) is 45.6 Å². The molecule has 1 aromatic carbocycles. The predicted molar refractivity (Wildman–Crippen MR) is 124 cm³/mol. The lowest BCUT2D eigenvalue weighted by Gasteiger charge is -2.30. The quantitative estimate of drug-likeness (QED) is 0.514. The number of ether oxygens (including phenoxy) is 2. The van der Waals surface area contributed by atoms with Crippen molar-refractivity contribution >= 4 is 58.1 Å². The van der Waals surface area contributed by atoms with Gasteiger partial charge in [0.25, 0.3) is 17.7 Å². The van der Waals surface area contributed by atoms with Gasteiger partial charge < -0.3 is 25.0 Å². The molecule has 0 unspecified atom stereocenters. The van der Waals surface area contributed by atoms with E-state index in [0.29, 0.717) is 10.0 Å². The minimum absolute atomic E-state index is 0.154. The zero-order valence-corrected chi connectivity index (χ0v) is 20.2. The van der Waals surface area contributed by atoms with E-state index in [4.69, 9.17) is 16.3 Å². The highest BCUT2D eigenvalue weighted by molar-refractivity contribution is 7.18. The second-order valence-corrected chi connectivity index (χ2v) is 8.97. The van der Waals surface area contributed by atoms with Crippen LogP contribution in [0.2, 0.25) is 4.34 Å². The predicted octanol–water partition coefficient (Wildman–Crippen LogP) is 2.77. The summed E-state index contributed by atoms with van der Waals surface area (Å²) in [5.74, 6) is -2.63. The van der Waals surface area contributed by atoms with E-state index in [0.717, 1.165) is 30.6 Å². The van der Waals surface area contributed by atoms with E-state index in [1.807, 2.05) is 5.32 Å². The topological polar surface area (TPSA) is 117 Å². The maximum Gasteiger partial charge on any atom is 0.491 e. The first-order valence-corrected chi connectivity index (χ1v) is 11.5. The Balaban J connectivity index is 1.83. The van der Waals surface area contributed by atoms with Gasteiger partial charge in [-0.2, -0.15) is 0 Å². The summed E-state index contributed by atoms with van der Waals surface area (Å²) in [6, 6.07) is 5.58. The van der Waals surface area contributed by atoms with Crippen LogP contribution in [-0.4, -0.2) is 69.6 Å². The Hall–Kier alpha value is -3.36. The first-order chi connectivity index (χ1) is 17.0. The normalized spacial score (nSPS) is 14.7. The molecule has 0 saturated carbocycles. The number of morpholine rings is 1. The standard InChI is InChI=1S/C21H20ClF3N4O6S/c1-34-20(33)27-14(10-26-18(31)15-6-7-16(22)36-15)19(32)29(21(23,24)25)13-4-2-12(3-5-13)28-8-9-35-11-17(28)30/h2-7,14H,8-11H2,1H3,(H,26,31)(H,27,33)/t14-/m1/s1. The van der Waals surface area contributed by atoms with Crippen LogP contribution in [0.3, 0.4) is 0 Å². The number of rotatable bonds is 7. The number of carbonyl (C=O) groups excluding carboxylic acids is 4. The fourth-order valence-corrected chi connectivity index (χ4v) is 4.21. The molecule has 1 aliphatic rings.